The first-order chi connectivity index (χ1) is 12.0. The maximum atomic E-state index is 12.1. The quantitative estimate of drug-likeness (QED) is 0.840. The van der Waals surface area contributed by atoms with Gasteiger partial charge < -0.3 is 14.7 Å². The van der Waals surface area contributed by atoms with E-state index in [9.17, 15) is 4.79 Å². The molecule has 0 saturated carbocycles. The fraction of sp³-hybridized carbons (Fsp3) is 0.667. The van der Waals surface area contributed by atoms with Gasteiger partial charge in [-0.1, -0.05) is 18.2 Å². The van der Waals surface area contributed by atoms with Crippen LogP contribution in [-0.2, 0) is 4.79 Å². The lowest BCUT2D eigenvalue weighted by Gasteiger charge is -2.37. The minimum atomic E-state index is 0.330. The summed E-state index contributed by atoms with van der Waals surface area (Å²) in [6.07, 6.45) is 3.00. The van der Waals surface area contributed by atoms with Crippen molar-refractivity contribution in [3.8, 4) is 0 Å². The summed E-state index contributed by atoms with van der Waals surface area (Å²) in [4.78, 5) is 19.3. The molecule has 1 aromatic rings. The number of para-hydroxylation sites is 1. The number of nitrogens with zero attached hydrogens (tertiary/aromatic N) is 3. The largest absolute Gasteiger partial charge is 0.370 e. The fourth-order valence-electron chi connectivity index (χ4n) is 4.27. The summed E-state index contributed by atoms with van der Waals surface area (Å²) in [5, 5.41) is 0. The Labute approximate surface area is 152 Å². The molecule has 1 aromatic carbocycles. The van der Waals surface area contributed by atoms with Crippen molar-refractivity contribution in [1.82, 2.24) is 9.80 Å². The minimum Gasteiger partial charge on any atom is -0.370 e. The number of carbonyl (C=O) groups excluding carboxylic acids is 1. The summed E-state index contributed by atoms with van der Waals surface area (Å²) in [5.41, 5.74) is 2.76. The van der Waals surface area contributed by atoms with Gasteiger partial charge in [-0.05, 0) is 57.7 Å². The van der Waals surface area contributed by atoms with Gasteiger partial charge in [-0.2, -0.15) is 0 Å². The van der Waals surface area contributed by atoms with E-state index in [4.69, 9.17) is 0 Å². The van der Waals surface area contributed by atoms with E-state index >= 15 is 0 Å². The van der Waals surface area contributed by atoms with Crippen LogP contribution in [0.2, 0.25) is 0 Å². The van der Waals surface area contributed by atoms with E-state index in [1.165, 1.54) is 24.2 Å². The summed E-state index contributed by atoms with van der Waals surface area (Å²) < 4.78 is 0. The highest BCUT2D eigenvalue weighted by Crippen LogP contribution is 2.23. The lowest BCUT2D eigenvalue weighted by atomic mass is 9.95. The predicted molar refractivity (Wildman–Crippen MR) is 104 cm³/mol. The molecule has 0 aliphatic carbocycles. The molecule has 4 heteroatoms. The Bertz CT molecular complexity index is 586. The number of piperidine rings is 1. The Kier molecular flexibility index (Phi) is 6.00. The molecule has 0 spiro atoms. The average Bonchev–Trinajstić information content (AvgIpc) is 2.82. The topological polar surface area (TPSA) is 26.8 Å². The molecular weight excluding hydrogens is 310 g/mol. The molecule has 1 atom stereocenters. The summed E-state index contributed by atoms with van der Waals surface area (Å²) in [6, 6.07) is 9.05. The average molecular weight is 344 g/mol. The van der Waals surface area contributed by atoms with E-state index in [0.29, 0.717) is 17.9 Å². The van der Waals surface area contributed by atoms with E-state index in [1.54, 1.807) is 0 Å². The maximum Gasteiger partial charge on any atom is 0.222 e. The molecule has 2 fully saturated rings. The van der Waals surface area contributed by atoms with E-state index in [-0.39, 0.29) is 0 Å². The van der Waals surface area contributed by atoms with Crippen molar-refractivity contribution < 1.29 is 4.79 Å². The second-order valence-electron chi connectivity index (χ2n) is 7.97. The zero-order valence-electron chi connectivity index (χ0n) is 16.1. The van der Waals surface area contributed by atoms with Gasteiger partial charge in [0.2, 0.25) is 5.91 Å². The lowest BCUT2D eigenvalue weighted by molar-refractivity contribution is -0.136. The van der Waals surface area contributed by atoms with Gasteiger partial charge in [-0.15, -0.1) is 0 Å². The second-order valence-corrected chi connectivity index (χ2v) is 7.97. The Morgan fingerprint density at radius 3 is 2.68 bits per heavy atom. The highest BCUT2D eigenvalue weighted by Gasteiger charge is 2.29. The lowest BCUT2D eigenvalue weighted by Crippen LogP contribution is -2.47. The van der Waals surface area contributed by atoms with E-state index < -0.39 is 0 Å². The van der Waals surface area contributed by atoms with Gasteiger partial charge in [0.05, 0.1) is 0 Å². The van der Waals surface area contributed by atoms with Gasteiger partial charge in [0.25, 0.3) is 0 Å². The van der Waals surface area contributed by atoms with Gasteiger partial charge in [-0.3, -0.25) is 4.79 Å². The number of carbonyl (C=O) groups is 1. The summed E-state index contributed by atoms with van der Waals surface area (Å²) in [7, 11) is 0. The second kappa shape index (κ2) is 8.22. The van der Waals surface area contributed by atoms with Crippen LogP contribution in [-0.4, -0.2) is 61.0 Å². The Hall–Kier alpha value is -1.55. The first-order valence-corrected chi connectivity index (χ1v) is 9.87. The van der Waals surface area contributed by atoms with Gasteiger partial charge in [0.15, 0.2) is 0 Å². The maximum absolute atomic E-state index is 12.1. The van der Waals surface area contributed by atoms with E-state index in [2.05, 4.69) is 59.7 Å². The van der Waals surface area contributed by atoms with E-state index in [1.807, 2.05) is 0 Å². The molecule has 2 aliphatic heterocycles. The van der Waals surface area contributed by atoms with Crippen molar-refractivity contribution in [2.45, 2.75) is 46.1 Å². The van der Waals surface area contributed by atoms with Crippen molar-refractivity contribution in [2.24, 2.45) is 5.92 Å². The molecule has 4 nitrogen and oxygen atoms in total. The Balaban J connectivity index is 1.55. The fourth-order valence-corrected chi connectivity index (χ4v) is 4.27. The van der Waals surface area contributed by atoms with Crippen molar-refractivity contribution in [1.29, 1.82) is 0 Å². The normalized spacial score (nSPS) is 23.2. The number of hydrogen-bond donors (Lipinski definition) is 0. The van der Waals surface area contributed by atoms with Crippen molar-refractivity contribution in [3.05, 3.63) is 29.8 Å². The van der Waals surface area contributed by atoms with Crippen LogP contribution in [0.4, 0.5) is 5.69 Å². The molecule has 0 N–H and O–H groups in total. The number of anilines is 1. The van der Waals surface area contributed by atoms with Crippen molar-refractivity contribution in [3.63, 3.8) is 0 Å². The van der Waals surface area contributed by atoms with Crippen LogP contribution in [0.1, 0.15) is 38.7 Å². The Morgan fingerprint density at radius 1 is 1.12 bits per heavy atom. The van der Waals surface area contributed by atoms with Crippen LogP contribution in [0.15, 0.2) is 24.3 Å². The van der Waals surface area contributed by atoms with Gasteiger partial charge in [0.1, 0.15) is 0 Å². The van der Waals surface area contributed by atoms with Crippen LogP contribution in [0.3, 0.4) is 0 Å². The highest BCUT2D eigenvalue weighted by molar-refractivity contribution is 5.77. The molecule has 2 heterocycles. The van der Waals surface area contributed by atoms with Crippen molar-refractivity contribution in [2.75, 3.05) is 44.2 Å². The molecule has 1 unspecified atom stereocenters. The van der Waals surface area contributed by atoms with Crippen molar-refractivity contribution >= 4 is 11.6 Å². The first-order valence-electron chi connectivity index (χ1n) is 9.87. The predicted octanol–water partition coefficient (Wildman–Crippen LogP) is 3.15. The molecule has 0 radical (unpaired) electrons. The molecule has 3 rings (SSSR count). The Morgan fingerprint density at radius 2 is 1.92 bits per heavy atom. The summed E-state index contributed by atoms with van der Waals surface area (Å²) in [6.45, 7) is 13.1. The molecule has 0 aromatic heterocycles. The number of aryl methyl sites for hydroxylation is 1. The number of hydrogen-bond acceptors (Lipinski definition) is 3. The zero-order valence-corrected chi connectivity index (χ0v) is 16.1. The molecule has 1 amide bonds. The van der Waals surface area contributed by atoms with Gasteiger partial charge >= 0.3 is 0 Å². The molecule has 0 bridgehead atoms. The number of rotatable bonds is 4. The van der Waals surface area contributed by atoms with Gasteiger partial charge in [-0.25, -0.2) is 0 Å². The van der Waals surface area contributed by atoms with Crippen LogP contribution in [0, 0.1) is 12.8 Å². The highest BCUT2D eigenvalue weighted by atomic mass is 16.2. The third-order valence-electron chi connectivity index (χ3n) is 5.73. The molecule has 2 aliphatic rings. The number of benzene rings is 1. The van der Waals surface area contributed by atoms with Crippen LogP contribution in [0.5, 0.6) is 0 Å². The van der Waals surface area contributed by atoms with Crippen LogP contribution in [0.25, 0.3) is 0 Å². The minimum absolute atomic E-state index is 0.330. The third-order valence-corrected chi connectivity index (χ3v) is 5.73. The number of amides is 1. The summed E-state index contributed by atoms with van der Waals surface area (Å²) in [5.74, 6) is 0.970. The standard InChI is InChI=1S/C21H33N3O/c1-17(2)24-16-19(9-10-21(24)25)15-22-11-6-12-23(14-13-22)20-8-5-4-7-18(20)3/h4-5,7-8,17,19H,6,9-16H2,1-3H3. The molecule has 138 valence electrons. The monoisotopic (exact) mass is 343 g/mol. The summed E-state index contributed by atoms with van der Waals surface area (Å²) >= 11 is 0. The first kappa shape index (κ1) is 18.2. The third kappa shape index (κ3) is 4.55. The van der Waals surface area contributed by atoms with Crippen LogP contribution >= 0.6 is 0 Å². The SMILES string of the molecule is Cc1ccccc1N1CCCN(CC2CCC(=O)N(C(C)C)C2)CC1. The smallest absolute Gasteiger partial charge is 0.222 e. The van der Waals surface area contributed by atoms with E-state index in [0.717, 1.165) is 45.6 Å². The number of likely N-dealkylation sites (tertiary alicyclic amines) is 1. The molecule has 2 saturated heterocycles. The van der Waals surface area contributed by atoms with Crippen LogP contribution < -0.4 is 4.90 Å². The van der Waals surface area contributed by atoms with Gasteiger partial charge in [0, 0.05) is 50.9 Å². The molecule has 25 heavy (non-hydrogen) atoms. The zero-order chi connectivity index (χ0) is 17.8. The molecular formula is C21H33N3O.